The minimum Gasteiger partial charge on any atom is -0.256 e. The topological polar surface area (TPSA) is 54.7 Å². The van der Waals surface area contributed by atoms with Gasteiger partial charge < -0.3 is 0 Å². The van der Waals surface area contributed by atoms with Gasteiger partial charge in [0.1, 0.15) is 0 Å². The van der Waals surface area contributed by atoms with Crippen LogP contribution < -0.4 is 4.74 Å². The van der Waals surface area contributed by atoms with Gasteiger partial charge in [0, 0.05) is 18.0 Å². The first-order chi connectivity index (χ1) is 36.6. The van der Waals surface area contributed by atoms with Gasteiger partial charge in [0.15, 0.2) is 0 Å². The van der Waals surface area contributed by atoms with E-state index in [-0.39, 0.29) is 0 Å². The van der Waals surface area contributed by atoms with Crippen molar-refractivity contribution in [3.05, 3.63) is 258 Å². The molecule has 0 atom stereocenters. The molecule has 5 heterocycles. The van der Waals surface area contributed by atoms with E-state index in [9.17, 15) is 0 Å². The summed E-state index contributed by atoms with van der Waals surface area (Å²) in [5.41, 5.74) is 16.7. The van der Waals surface area contributed by atoms with Crippen molar-refractivity contribution in [2.75, 3.05) is 0 Å². The van der Waals surface area contributed by atoms with E-state index < -0.39 is 0 Å². The predicted molar refractivity (Wildman–Crippen MR) is 295 cm³/mol. The van der Waals surface area contributed by atoms with E-state index in [0.717, 1.165) is 110 Å². The quantitative estimate of drug-likeness (QED) is 0.135. The number of aromatic nitrogens is 6. The van der Waals surface area contributed by atoms with E-state index in [0.29, 0.717) is 11.5 Å². The molecule has 0 saturated heterocycles. The maximum absolute atomic E-state index is 6.77. The smallest absolute Gasteiger partial charge is 0.256 e. The fourth-order valence-electron chi connectivity index (χ4n) is 10.8. The average Bonchev–Trinajstić information content (AvgIpc) is 4.08. The summed E-state index contributed by atoms with van der Waals surface area (Å²) in [4.78, 5) is 9.60. The third kappa shape index (κ3) is 7.19. The Morgan fingerprint density at radius 2 is 0.986 bits per heavy atom. The number of fused-ring (bicyclic) bond motifs is 7. The van der Waals surface area contributed by atoms with Crippen molar-refractivity contribution < 1.29 is 24.1 Å². The molecule has 74 heavy (non-hydrogen) atoms. The molecule has 0 radical (unpaired) electrons. The molecule has 14 aromatic rings. The molecule has 14 rings (SSSR count). The molecule has 0 spiro atoms. The monoisotopic (exact) mass is 1130 g/mol. The molecule has 0 aliphatic carbocycles. The summed E-state index contributed by atoms with van der Waals surface area (Å²) in [6.07, 6.45) is 3.73. The minimum absolute atomic E-state index is 0.570. The van der Waals surface area contributed by atoms with Crippen LogP contribution in [0.15, 0.2) is 237 Å². The first kappa shape index (κ1) is 43.6. The van der Waals surface area contributed by atoms with Crippen LogP contribution in [0.3, 0.4) is 0 Å². The molecule has 0 aliphatic rings. The van der Waals surface area contributed by atoms with Crippen LogP contribution in [0, 0.1) is 22.9 Å². The van der Waals surface area contributed by atoms with Gasteiger partial charge >= 0.3 is 369 Å². The molecule has 8 heteroatoms. The van der Waals surface area contributed by atoms with Crippen LogP contribution in [0.25, 0.3) is 111 Å². The van der Waals surface area contributed by atoms with Crippen molar-refractivity contribution >= 4 is 54.6 Å². The van der Waals surface area contributed by atoms with E-state index in [1.165, 1.54) is 10.8 Å². The van der Waals surface area contributed by atoms with E-state index >= 15 is 0 Å². The molecule has 0 fully saturated rings. The molecular weight excluding hydrogens is 1090 g/mol. The molecule has 0 saturated carbocycles. The van der Waals surface area contributed by atoms with Crippen LogP contribution >= 0.6 is 0 Å². The van der Waals surface area contributed by atoms with Crippen molar-refractivity contribution in [3.63, 3.8) is 0 Å². The van der Waals surface area contributed by atoms with Crippen LogP contribution in [0.4, 0.5) is 0 Å². The first-order valence-corrected chi connectivity index (χ1v) is 25.7. The number of benzene rings is 9. The Bertz CT molecular complexity index is 4440. The molecule has 5 aromatic heterocycles. The third-order valence-electron chi connectivity index (χ3n) is 14.1. The summed E-state index contributed by atoms with van der Waals surface area (Å²) in [6.45, 7) is 2.11. The van der Waals surface area contributed by atoms with Crippen molar-refractivity contribution in [1.82, 2.24) is 28.2 Å². The summed E-state index contributed by atoms with van der Waals surface area (Å²) >= 11 is 2.50. The van der Waals surface area contributed by atoms with Crippen molar-refractivity contribution in [1.29, 1.82) is 0 Å². The van der Waals surface area contributed by atoms with Gasteiger partial charge in [-0.1, -0.05) is 18.2 Å². The zero-order valence-corrected chi connectivity index (χ0v) is 42.2. The zero-order valence-electron chi connectivity index (χ0n) is 39.9. The SMILES string of the molecule is Cc1cc(-n2c3[c-]c(Oc4[c-]c(-n5[c](=[Pt])n(-c6c(-c7ccccc7)cc(-n7c8ccccc8c8ccccc87)cc6-c6ccccc6)c6ccccc65)ccc4)ccc3c3ccccc32)ncc1-c1ccccn1. The Kier molecular flexibility index (Phi) is 10.5. The van der Waals surface area contributed by atoms with E-state index in [4.69, 9.17) is 9.72 Å². The van der Waals surface area contributed by atoms with Gasteiger partial charge in [-0.2, -0.15) is 0 Å². The summed E-state index contributed by atoms with van der Waals surface area (Å²) in [5, 5.41) is 4.62. The number of imidazole rings is 1. The number of ether oxygens (including phenoxy) is 1. The molecule has 0 N–H and O–H groups in total. The minimum atomic E-state index is 0.570. The Labute approximate surface area is 437 Å². The molecule has 0 bridgehead atoms. The Hall–Kier alpha value is -9.16. The summed E-state index contributed by atoms with van der Waals surface area (Å²) in [7, 11) is 0. The summed E-state index contributed by atoms with van der Waals surface area (Å²) < 4.78 is 17.0. The second kappa shape index (κ2) is 17.8. The van der Waals surface area contributed by atoms with Crippen molar-refractivity contribution in [3.8, 4) is 67.9 Å². The van der Waals surface area contributed by atoms with Gasteiger partial charge in [0.05, 0.1) is 5.69 Å². The van der Waals surface area contributed by atoms with Gasteiger partial charge in [0.2, 0.25) is 0 Å². The fraction of sp³-hybridized carbons (Fsp3) is 0.0152. The molecule has 7 nitrogen and oxygen atoms in total. The average molecular weight is 1130 g/mol. The Morgan fingerprint density at radius 3 is 1.61 bits per heavy atom. The van der Waals surface area contributed by atoms with Crippen LogP contribution in [0.2, 0.25) is 0 Å². The molecule has 9 aromatic carbocycles. The maximum atomic E-state index is 6.77. The molecular formula is C66H42N6OPt-2. The number of pyridine rings is 2. The van der Waals surface area contributed by atoms with Gasteiger partial charge in [-0.15, -0.1) is 0 Å². The first-order valence-electron chi connectivity index (χ1n) is 24.6. The third-order valence-corrected chi connectivity index (χ3v) is 15.1. The number of nitrogens with zero attached hydrogens (tertiary/aromatic N) is 6. The molecule has 0 amide bonds. The molecule has 354 valence electrons. The standard InChI is InChI=1S/C66H42N6O.Pt/c1-44-37-65(68-42-57(44)58-28-16-17-36-67-58)72-61-31-13-10-27-53(61)54-35-34-50(41-64(54)72)73-49-24-18-23-47(38-49)69-43-70(63-33-15-14-32-62(63)69)66-55(45-19-4-2-5-20-45)39-48(40-56(66)46-21-6-3-7-22-46)71-59-29-11-8-25-51(59)52-26-9-12-30-60(52)71;/h2-37,39-40,42H,1H3;/q-2;. The van der Waals surface area contributed by atoms with Gasteiger partial charge in [0.25, 0.3) is 0 Å². The number of hydrogen-bond acceptors (Lipinski definition) is 3. The number of hydrogen-bond donors (Lipinski definition) is 0. The van der Waals surface area contributed by atoms with Crippen LogP contribution in [0.5, 0.6) is 11.5 Å². The number of aryl methyl sites for hydroxylation is 1. The normalized spacial score (nSPS) is 11.7. The summed E-state index contributed by atoms with van der Waals surface area (Å²) in [6, 6.07) is 86.4. The second-order valence-electron chi connectivity index (χ2n) is 18.4. The van der Waals surface area contributed by atoms with Crippen molar-refractivity contribution in [2.24, 2.45) is 0 Å². The Balaban J connectivity index is 0.923. The van der Waals surface area contributed by atoms with E-state index in [1.54, 1.807) is 0 Å². The van der Waals surface area contributed by atoms with Crippen LogP contribution in [-0.4, -0.2) is 28.2 Å². The number of rotatable bonds is 9. The summed E-state index contributed by atoms with van der Waals surface area (Å²) in [5.74, 6) is 1.94. The van der Waals surface area contributed by atoms with Gasteiger partial charge in [-0.3, -0.25) is 4.98 Å². The van der Waals surface area contributed by atoms with Gasteiger partial charge in [-0.05, 0) is 24.6 Å². The fourth-order valence-corrected chi connectivity index (χ4v) is 11.9. The second-order valence-corrected chi connectivity index (χ2v) is 19.4. The van der Waals surface area contributed by atoms with Crippen molar-refractivity contribution in [2.45, 2.75) is 6.92 Å². The van der Waals surface area contributed by atoms with E-state index in [1.807, 2.05) is 48.8 Å². The predicted octanol–water partition coefficient (Wildman–Crippen LogP) is 16.2. The zero-order chi connectivity index (χ0) is 49.3. The Morgan fingerprint density at radius 1 is 0.432 bits per heavy atom. The van der Waals surface area contributed by atoms with Crippen LogP contribution in [0.1, 0.15) is 5.56 Å². The van der Waals surface area contributed by atoms with E-state index in [2.05, 4.69) is 250 Å². The van der Waals surface area contributed by atoms with Crippen LogP contribution in [-0.2, 0) is 19.4 Å². The number of para-hydroxylation sites is 5. The van der Waals surface area contributed by atoms with Gasteiger partial charge in [-0.25, -0.2) is 0 Å². The molecule has 0 unspecified atom stereocenters. The molecule has 0 aliphatic heterocycles.